The van der Waals surface area contributed by atoms with Gasteiger partial charge in [0.2, 0.25) is 5.91 Å². The fraction of sp³-hybridized carbons (Fsp3) is 0.222. The van der Waals surface area contributed by atoms with Gasteiger partial charge in [-0.3, -0.25) is 9.48 Å². The van der Waals surface area contributed by atoms with Gasteiger partial charge >= 0.3 is 0 Å². The van der Waals surface area contributed by atoms with Gasteiger partial charge in [-0.2, -0.15) is 16.4 Å². The molecule has 0 saturated carbocycles. The van der Waals surface area contributed by atoms with E-state index in [-0.39, 0.29) is 18.5 Å². The lowest BCUT2D eigenvalue weighted by Crippen LogP contribution is -2.34. The Morgan fingerprint density at radius 1 is 1.33 bits per heavy atom. The number of carbonyl (C=O) groups excluding carboxylic acids is 1. The molecule has 1 unspecified atom stereocenters. The molecule has 0 saturated heterocycles. The quantitative estimate of drug-likeness (QED) is 0.794. The fourth-order valence-corrected chi connectivity index (χ4v) is 3.54. The minimum atomic E-state index is -0.0447. The van der Waals surface area contributed by atoms with Crippen LogP contribution in [0.1, 0.15) is 18.0 Å². The smallest absolute Gasteiger partial charge is 0.242 e. The summed E-state index contributed by atoms with van der Waals surface area (Å²) in [7, 11) is 0. The van der Waals surface area contributed by atoms with Crippen LogP contribution < -0.4 is 10.1 Å². The fourth-order valence-electron chi connectivity index (χ4n) is 2.89. The summed E-state index contributed by atoms with van der Waals surface area (Å²) in [6.07, 6.45) is 2.62. The number of amides is 1. The molecule has 122 valence electrons. The van der Waals surface area contributed by atoms with Gasteiger partial charge in [-0.15, -0.1) is 0 Å². The number of hydrogen-bond donors (Lipinski definition) is 1. The molecule has 1 N–H and O–H groups in total. The van der Waals surface area contributed by atoms with Crippen molar-refractivity contribution >= 4 is 17.2 Å². The molecule has 1 atom stereocenters. The summed E-state index contributed by atoms with van der Waals surface area (Å²) in [5.74, 6) is 0.810. The van der Waals surface area contributed by atoms with Crippen LogP contribution in [0.15, 0.2) is 53.4 Å². The van der Waals surface area contributed by atoms with Crippen LogP contribution in [-0.2, 0) is 11.3 Å². The summed E-state index contributed by atoms with van der Waals surface area (Å²) in [6.45, 7) is 0.829. The highest BCUT2D eigenvalue weighted by atomic mass is 32.1. The number of para-hydroxylation sites is 1. The summed E-state index contributed by atoms with van der Waals surface area (Å²) >= 11 is 1.63. The first-order valence-electron chi connectivity index (χ1n) is 7.87. The molecule has 3 heterocycles. The SMILES string of the molecule is O=C(Cn1ccc(-c2ccsc2)n1)NC1CCOc2ccccc21. The molecule has 3 aromatic rings. The predicted octanol–water partition coefficient (Wildman–Crippen LogP) is 3.25. The number of carbonyl (C=O) groups is 1. The van der Waals surface area contributed by atoms with Crippen molar-refractivity contribution in [3.63, 3.8) is 0 Å². The van der Waals surface area contributed by atoms with Crippen molar-refractivity contribution in [3.8, 4) is 17.0 Å². The molecule has 1 aliphatic heterocycles. The topological polar surface area (TPSA) is 56.2 Å². The van der Waals surface area contributed by atoms with Crippen molar-refractivity contribution in [3.05, 3.63) is 58.9 Å². The summed E-state index contributed by atoms with van der Waals surface area (Å²) < 4.78 is 7.30. The van der Waals surface area contributed by atoms with Crippen LogP contribution >= 0.6 is 11.3 Å². The lowest BCUT2D eigenvalue weighted by atomic mass is 10.0. The Morgan fingerprint density at radius 2 is 2.25 bits per heavy atom. The first kappa shape index (κ1) is 15.0. The number of nitrogens with one attached hydrogen (secondary N) is 1. The normalized spacial score (nSPS) is 16.2. The Hall–Kier alpha value is -2.60. The highest BCUT2D eigenvalue weighted by Gasteiger charge is 2.22. The lowest BCUT2D eigenvalue weighted by Gasteiger charge is -2.26. The van der Waals surface area contributed by atoms with E-state index in [1.54, 1.807) is 16.0 Å². The van der Waals surface area contributed by atoms with E-state index in [4.69, 9.17) is 4.74 Å². The first-order valence-corrected chi connectivity index (χ1v) is 8.81. The van der Waals surface area contributed by atoms with Gasteiger partial charge in [0, 0.05) is 29.1 Å². The monoisotopic (exact) mass is 339 g/mol. The van der Waals surface area contributed by atoms with Gasteiger partial charge in [0.1, 0.15) is 12.3 Å². The van der Waals surface area contributed by atoms with Gasteiger partial charge in [-0.05, 0) is 23.6 Å². The maximum atomic E-state index is 12.4. The number of aromatic nitrogens is 2. The third-order valence-corrected chi connectivity index (χ3v) is 4.74. The van der Waals surface area contributed by atoms with Gasteiger partial charge in [0.05, 0.1) is 18.3 Å². The molecule has 0 radical (unpaired) electrons. The third kappa shape index (κ3) is 3.05. The van der Waals surface area contributed by atoms with Gasteiger partial charge < -0.3 is 10.1 Å². The molecule has 24 heavy (non-hydrogen) atoms. The van der Waals surface area contributed by atoms with Crippen LogP contribution in [0, 0.1) is 0 Å². The maximum absolute atomic E-state index is 12.4. The van der Waals surface area contributed by atoms with Crippen LogP contribution in [0.2, 0.25) is 0 Å². The number of benzene rings is 1. The van der Waals surface area contributed by atoms with Crippen LogP contribution in [-0.4, -0.2) is 22.3 Å². The minimum absolute atomic E-state index is 0.00523. The zero-order chi connectivity index (χ0) is 16.4. The molecule has 5 nitrogen and oxygen atoms in total. The van der Waals surface area contributed by atoms with Gasteiger partial charge in [0.15, 0.2) is 0 Å². The Morgan fingerprint density at radius 3 is 3.12 bits per heavy atom. The Kier molecular flexibility index (Phi) is 4.04. The van der Waals surface area contributed by atoms with E-state index in [9.17, 15) is 4.79 Å². The van der Waals surface area contributed by atoms with E-state index in [1.165, 1.54) is 0 Å². The van der Waals surface area contributed by atoms with Crippen molar-refractivity contribution in [1.29, 1.82) is 0 Å². The van der Waals surface area contributed by atoms with E-state index in [0.29, 0.717) is 6.61 Å². The molecule has 0 fully saturated rings. The molecule has 2 aromatic heterocycles. The molecule has 0 bridgehead atoms. The molecule has 1 amide bonds. The van der Waals surface area contributed by atoms with Crippen LogP contribution in [0.25, 0.3) is 11.3 Å². The second-order valence-corrected chi connectivity index (χ2v) is 6.49. The van der Waals surface area contributed by atoms with Crippen LogP contribution in [0.3, 0.4) is 0 Å². The number of ether oxygens (including phenoxy) is 1. The molecule has 0 aliphatic carbocycles. The molecular weight excluding hydrogens is 322 g/mol. The van der Waals surface area contributed by atoms with Gasteiger partial charge in [-0.25, -0.2) is 0 Å². The van der Waals surface area contributed by atoms with E-state index in [2.05, 4.69) is 10.4 Å². The third-order valence-electron chi connectivity index (χ3n) is 4.06. The molecule has 6 heteroatoms. The van der Waals surface area contributed by atoms with Crippen molar-refractivity contribution < 1.29 is 9.53 Å². The molecule has 1 aromatic carbocycles. The van der Waals surface area contributed by atoms with Crippen LogP contribution in [0.4, 0.5) is 0 Å². The summed E-state index contributed by atoms with van der Waals surface area (Å²) in [5.41, 5.74) is 3.01. The lowest BCUT2D eigenvalue weighted by molar-refractivity contribution is -0.122. The van der Waals surface area contributed by atoms with E-state index < -0.39 is 0 Å². The highest BCUT2D eigenvalue weighted by Crippen LogP contribution is 2.31. The second-order valence-electron chi connectivity index (χ2n) is 5.71. The number of nitrogens with zero attached hydrogens (tertiary/aromatic N) is 2. The van der Waals surface area contributed by atoms with Crippen LogP contribution in [0.5, 0.6) is 5.75 Å². The highest BCUT2D eigenvalue weighted by molar-refractivity contribution is 7.08. The van der Waals surface area contributed by atoms with Gasteiger partial charge in [0.25, 0.3) is 0 Å². The number of fused-ring (bicyclic) bond motifs is 1. The van der Waals surface area contributed by atoms with E-state index in [0.717, 1.165) is 29.0 Å². The Labute approximate surface area is 143 Å². The number of hydrogen-bond acceptors (Lipinski definition) is 4. The van der Waals surface area contributed by atoms with Crippen molar-refractivity contribution in [2.45, 2.75) is 19.0 Å². The van der Waals surface area contributed by atoms with Gasteiger partial charge in [-0.1, -0.05) is 18.2 Å². The average molecular weight is 339 g/mol. The molecule has 1 aliphatic rings. The summed E-state index contributed by atoms with van der Waals surface area (Å²) in [6, 6.07) is 11.8. The summed E-state index contributed by atoms with van der Waals surface area (Å²) in [5, 5.41) is 11.6. The predicted molar refractivity (Wildman–Crippen MR) is 93.0 cm³/mol. The maximum Gasteiger partial charge on any atom is 0.242 e. The second kappa shape index (κ2) is 6.49. The molecule has 0 spiro atoms. The average Bonchev–Trinajstić information content (AvgIpc) is 3.26. The minimum Gasteiger partial charge on any atom is -0.493 e. The van der Waals surface area contributed by atoms with Crippen molar-refractivity contribution in [2.75, 3.05) is 6.61 Å². The molecule has 4 rings (SSSR count). The zero-order valence-corrected chi connectivity index (χ0v) is 13.8. The van der Waals surface area contributed by atoms with Crippen molar-refractivity contribution in [2.24, 2.45) is 0 Å². The largest absolute Gasteiger partial charge is 0.493 e. The Bertz CT molecular complexity index is 842. The summed E-state index contributed by atoms with van der Waals surface area (Å²) in [4.78, 5) is 12.4. The van der Waals surface area contributed by atoms with E-state index in [1.807, 2.05) is 53.4 Å². The Balaban J connectivity index is 1.43. The zero-order valence-electron chi connectivity index (χ0n) is 13.0. The number of thiophene rings is 1. The van der Waals surface area contributed by atoms with Crippen molar-refractivity contribution in [1.82, 2.24) is 15.1 Å². The molecular formula is C18H17N3O2S. The first-order chi connectivity index (χ1) is 11.8. The standard InChI is InChI=1S/C18H17N3O2S/c22-18(11-21-8-5-15(20-21)13-7-10-24-12-13)19-16-6-9-23-17-4-2-1-3-14(16)17/h1-5,7-8,10,12,16H,6,9,11H2,(H,19,22). The van der Waals surface area contributed by atoms with E-state index >= 15 is 0 Å². The number of rotatable bonds is 4.